The van der Waals surface area contributed by atoms with Crippen LogP contribution >= 0.6 is 0 Å². The summed E-state index contributed by atoms with van der Waals surface area (Å²) in [7, 11) is 0. The molecular formula is C20H20N4O. The van der Waals surface area contributed by atoms with Gasteiger partial charge in [-0.25, -0.2) is 9.67 Å². The molecule has 3 aromatic rings. The first-order chi connectivity index (χ1) is 12.2. The number of carbonyl (C=O) groups excluding carboxylic acids is 1. The molecule has 1 aliphatic heterocycles. The second-order valence-corrected chi connectivity index (χ2v) is 6.37. The Morgan fingerprint density at radius 3 is 2.32 bits per heavy atom. The van der Waals surface area contributed by atoms with Crippen molar-refractivity contribution in [2.45, 2.75) is 19.8 Å². The van der Waals surface area contributed by atoms with Crippen LogP contribution in [-0.4, -0.2) is 38.7 Å². The topological polar surface area (TPSA) is 51.0 Å². The molecular weight excluding hydrogens is 312 g/mol. The summed E-state index contributed by atoms with van der Waals surface area (Å²) in [5.41, 5.74) is 3.02. The maximum absolute atomic E-state index is 12.7. The Bertz CT molecular complexity index is 878. The van der Waals surface area contributed by atoms with Gasteiger partial charge >= 0.3 is 0 Å². The molecule has 126 valence electrons. The Morgan fingerprint density at radius 1 is 0.960 bits per heavy atom. The third-order valence-corrected chi connectivity index (χ3v) is 4.50. The molecule has 2 aromatic carbocycles. The highest BCUT2D eigenvalue weighted by atomic mass is 16.2. The normalized spacial score (nSPS) is 14.0. The lowest BCUT2D eigenvalue weighted by Crippen LogP contribution is -2.28. The molecule has 1 saturated heterocycles. The first-order valence-electron chi connectivity index (χ1n) is 8.61. The zero-order valence-electron chi connectivity index (χ0n) is 14.2. The number of benzene rings is 2. The molecule has 2 heterocycles. The number of rotatable bonds is 3. The van der Waals surface area contributed by atoms with E-state index in [2.05, 4.69) is 10.1 Å². The van der Waals surface area contributed by atoms with E-state index in [4.69, 9.17) is 0 Å². The van der Waals surface area contributed by atoms with Crippen LogP contribution in [-0.2, 0) is 0 Å². The molecule has 1 fully saturated rings. The van der Waals surface area contributed by atoms with E-state index < -0.39 is 0 Å². The molecule has 0 spiro atoms. The first kappa shape index (κ1) is 15.6. The Balaban J connectivity index is 1.80. The maximum Gasteiger partial charge on any atom is 0.293 e. The molecule has 5 heteroatoms. The van der Waals surface area contributed by atoms with Crippen LogP contribution in [0.1, 0.15) is 29.0 Å². The smallest absolute Gasteiger partial charge is 0.293 e. The summed E-state index contributed by atoms with van der Waals surface area (Å²) in [6.07, 6.45) is 2.10. The molecule has 5 nitrogen and oxygen atoms in total. The van der Waals surface area contributed by atoms with Crippen molar-refractivity contribution in [3.05, 3.63) is 66.0 Å². The minimum atomic E-state index is -0.0828. The van der Waals surface area contributed by atoms with Crippen molar-refractivity contribution in [1.29, 1.82) is 0 Å². The van der Waals surface area contributed by atoms with Gasteiger partial charge in [-0.2, -0.15) is 0 Å². The Labute approximate surface area is 146 Å². The summed E-state index contributed by atoms with van der Waals surface area (Å²) >= 11 is 0. The Kier molecular flexibility index (Phi) is 4.06. The average molecular weight is 332 g/mol. The van der Waals surface area contributed by atoms with E-state index in [9.17, 15) is 4.79 Å². The summed E-state index contributed by atoms with van der Waals surface area (Å²) in [6.45, 7) is 3.63. The fourth-order valence-corrected chi connectivity index (χ4v) is 3.10. The van der Waals surface area contributed by atoms with Crippen molar-refractivity contribution in [3.8, 4) is 17.1 Å². The lowest BCUT2D eigenvalue weighted by molar-refractivity contribution is 0.0781. The third kappa shape index (κ3) is 3.05. The van der Waals surface area contributed by atoms with E-state index in [0.717, 1.165) is 37.2 Å². The van der Waals surface area contributed by atoms with Crippen molar-refractivity contribution in [2.24, 2.45) is 0 Å². The van der Waals surface area contributed by atoms with Gasteiger partial charge in [0.1, 0.15) is 0 Å². The molecule has 0 unspecified atom stereocenters. The van der Waals surface area contributed by atoms with Crippen LogP contribution < -0.4 is 0 Å². The molecule has 1 aliphatic rings. The van der Waals surface area contributed by atoms with E-state index >= 15 is 0 Å². The molecule has 0 atom stereocenters. The Hall–Kier alpha value is -2.95. The molecule has 0 bridgehead atoms. The second kappa shape index (κ2) is 6.51. The van der Waals surface area contributed by atoms with Crippen LogP contribution in [0.2, 0.25) is 0 Å². The maximum atomic E-state index is 12.7. The molecule has 1 aromatic heterocycles. The monoisotopic (exact) mass is 332 g/mol. The molecule has 4 rings (SSSR count). The van der Waals surface area contributed by atoms with E-state index in [0.29, 0.717) is 5.82 Å². The van der Waals surface area contributed by atoms with Crippen LogP contribution in [0.15, 0.2) is 54.6 Å². The molecule has 0 aliphatic carbocycles. The highest BCUT2D eigenvalue weighted by Gasteiger charge is 2.25. The fraction of sp³-hybridized carbons (Fsp3) is 0.250. The van der Waals surface area contributed by atoms with Gasteiger partial charge in [0.05, 0.1) is 5.69 Å². The van der Waals surface area contributed by atoms with Gasteiger partial charge in [-0.1, -0.05) is 48.0 Å². The SMILES string of the molecule is Cc1ccc(-n2nc(C(=O)N3CCCC3)nc2-c2ccccc2)cc1. The molecule has 0 radical (unpaired) electrons. The van der Waals surface area contributed by atoms with Crippen LogP contribution in [0.4, 0.5) is 0 Å². The quantitative estimate of drug-likeness (QED) is 0.738. The van der Waals surface area contributed by atoms with Gasteiger partial charge in [-0.05, 0) is 31.9 Å². The molecule has 0 saturated carbocycles. The number of nitrogens with zero attached hydrogens (tertiary/aromatic N) is 4. The van der Waals surface area contributed by atoms with Crippen LogP contribution in [0.5, 0.6) is 0 Å². The number of amides is 1. The predicted molar refractivity (Wildman–Crippen MR) is 96.7 cm³/mol. The van der Waals surface area contributed by atoms with Crippen molar-refractivity contribution < 1.29 is 4.79 Å². The van der Waals surface area contributed by atoms with Crippen LogP contribution in [0.3, 0.4) is 0 Å². The Morgan fingerprint density at radius 2 is 1.64 bits per heavy atom. The third-order valence-electron chi connectivity index (χ3n) is 4.50. The van der Waals surface area contributed by atoms with E-state index in [1.165, 1.54) is 5.56 Å². The van der Waals surface area contributed by atoms with Gasteiger partial charge in [0.2, 0.25) is 5.82 Å². The number of likely N-dealkylation sites (tertiary alicyclic amines) is 1. The van der Waals surface area contributed by atoms with Crippen LogP contribution in [0, 0.1) is 6.92 Å². The minimum absolute atomic E-state index is 0.0828. The largest absolute Gasteiger partial charge is 0.336 e. The summed E-state index contributed by atoms with van der Waals surface area (Å²) in [4.78, 5) is 19.1. The number of hydrogen-bond donors (Lipinski definition) is 0. The highest BCUT2D eigenvalue weighted by molar-refractivity contribution is 5.91. The zero-order valence-corrected chi connectivity index (χ0v) is 14.2. The van der Waals surface area contributed by atoms with Crippen molar-refractivity contribution in [1.82, 2.24) is 19.7 Å². The lowest BCUT2D eigenvalue weighted by atomic mass is 10.2. The second-order valence-electron chi connectivity index (χ2n) is 6.37. The van der Waals surface area contributed by atoms with E-state index in [1.54, 1.807) is 4.68 Å². The average Bonchev–Trinajstić information content (AvgIpc) is 3.33. The number of aromatic nitrogens is 3. The summed E-state index contributed by atoms with van der Waals surface area (Å²) < 4.78 is 1.76. The van der Waals surface area contributed by atoms with Crippen LogP contribution in [0.25, 0.3) is 17.1 Å². The minimum Gasteiger partial charge on any atom is -0.336 e. The number of carbonyl (C=O) groups is 1. The van der Waals surface area contributed by atoms with E-state index in [1.807, 2.05) is 66.4 Å². The van der Waals surface area contributed by atoms with Gasteiger partial charge < -0.3 is 4.90 Å². The predicted octanol–water partition coefficient (Wildman–Crippen LogP) is 3.48. The highest BCUT2D eigenvalue weighted by Crippen LogP contribution is 2.22. The van der Waals surface area contributed by atoms with Crippen molar-refractivity contribution in [3.63, 3.8) is 0 Å². The summed E-state index contributed by atoms with van der Waals surface area (Å²) in [6, 6.07) is 17.9. The van der Waals surface area contributed by atoms with Gasteiger partial charge in [0.15, 0.2) is 5.82 Å². The summed E-state index contributed by atoms with van der Waals surface area (Å²) in [5.74, 6) is 0.869. The van der Waals surface area contributed by atoms with Crippen molar-refractivity contribution >= 4 is 5.91 Å². The standard InChI is InChI=1S/C20H20N4O/c1-15-9-11-17(12-10-15)24-19(16-7-3-2-4-8-16)21-18(22-24)20(25)23-13-5-6-14-23/h2-4,7-12H,5-6,13-14H2,1H3. The van der Waals surface area contributed by atoms with Gasteiger partial charge in [-0.3, -0.25) is 4.79 Å². The van der Waals surface area contributed by atoms with Crippen molar-refractivity contribution in [2.75, 3.05) is 13.1 Å². The summed E-state index contributed by atoms with van der Waals surface area (Å²) in [5, 5.41) is 4.55. The van der Waals surface area contributed by atoms with E-state index in [-0.39, 0.29) is 11.7 Å². The number of hydrogen-bond acceptors (Lipinski definition) is 3. The fourth-order valence-electron chi connectivity index (χ4n) is 3.10. The zero-order chi connectivity index (χ0) is 17.2. The molecule has 1 amide bonds. The van der Waals surface area contributed by atoms with Gasteiger partial charge in [-0.15, -0.1) is 5.10 Å². The lowest BCUT2D eigenvalue weighted by Gasteiger charge is -2.11. The number of aryl methyl sites for hydroxylation is 1. The molecule has 0 N–H and O–H groups in total. The van der Waals surface area contributed by atoms with Gasteiger partial charge in [0.25, 0.3) is 5.91 Å². The molecule has 25 heavy (non-hydrogen) atoms. The first-order valence-corrected chi connectivity index (χ1v) is 8.61. The van der Waals surface area contributed by atoms with Gasteiger partial charge in [0, 0.05) is 18.7 Å².